The van der Waals surface area contributed by atoms with Crippen LogP contribution >= 0.6 is 0 Å². The molecule has 2 N–H and O–H groups in total. The number of aliphatic carboxylic acids is 1. The Kier molecular flexibility index (Phi) is 6.15. The number of hydrogen-bond donors (Lipinski definition) is 2. The van der Waals surface area contributed by atoms with E-state index in [4.69, 9.17) is 4.74 Å². The van der Waals surface area contributed by atoms with Crippen LogP contribution in [0.2, 0.25) is 0 Å². The summed E-state index contributed by atoms with van der Waals surface area (Å²) in [5.41, 5.74) is 3.44. The van der Waals surface area contributed by atoms with E-state index in [9.17, 15) is 19.5 Å². The van der Waals surface area contributed by atoms with E-state index in [0.29, 0.717) is 12.8 Å². The first-order valence-electron chi connectivity index (χ1n) is 11.4. The zero-order valence-corrected chi connectivity index (χ0v) is 19.2. The lowest BCUT2D eigenvalue weighted by atomic mass is 9.75. The van der Waals surface area contributed by atoms with Gasteiger partial charge in [-0.15, -0.1) is 0 Å². The first-order valence-corrected chi connectivity index (χ1v) is 11.4. The van der Waals surface area contributed by atoms with E-state index in [1.165, 1.54) is 11.9 Å². The molecule has 174 valence electrons. The molecule has 0 aromatic heterocycles. The predicted molar refractivity (Wildman–Crippen MR) is 124 cm³/mol. The molecule has 0 heterocycles. The molecule has 2 unspecified atom stereocenters. The maximum atomic E-state index is 12.9. The highest BCUT2D eigenvalue weighted by atomic mass is 16.5. The molecule has 0 saturated heterocycles. The van der Waals surface area contributed by atoms with Gasteiger partial charge in [0.2, 0.25) is 5.91 Å². The lowest BCUT2D eigenvalue weighted by molar-refractivity contribution is -0.166. The van der Waals surface area contributed by atoms with E-state index in [0.717, 1.165) is 28.7 Å². The van der Waals surface area contributed by atoms with Crippen LogP contribution in [0, 0.1) is 5.92 Å². The normalized spacial score (nSPS) is 17.7. The molecule has 2 aliphatic rings. The van der Waals surface area contributed by atoms with Gasteiger partial charge in [0.15, 0.2) is 0 Å². The van der Waals surface area contributed by atoms with Gasteiger partial charge in [0, 0.05) is 19.0 Å². The van der Waals surface area contributed by atoms with Gasteiger partial charge in [0.05, 0.1) is 5.92 Å². The molecular weight excluding hydrogens is 420 g/mol. The van der Waals surface area contributed by atoms with Crippen molar-refractivity contribution in [3.05, 3.63) is 59.7 Å². The molecule has 2 aromatic carbocycles. The number of benzene rings is 2. The zero-order chi connectivity index (χ0) is 23.8. The van der Waals surface area contributed by atoms with Crippen molar-refractivity contribution in [2.45, 2.75) is 50.6 Å². The van der Waals surface area contributed by atoms with E-state index < -0.39 is 29.6 Å². The van der Waals surface area contributed by atoms with E-state index in [-0.39, 0.29) is 18.4 Å². The molecule has 2 aliphatic carbocycles. The van der Waals surface area contributed by atoms with Gasteiger partial charge >= 0.3 is 12.1 Å². The second-order valence-electron chi connectivity index (χ2n) is 9.13. The maximum absolute atomic E-state index is 12.9. The number of amides is 2. The lowest BCUT2D eigenvalue weighted by Crippen LogP contribution is -2.61. The van der Waals surface area contributed by atoms with Crippen molar-refractivity contribution < 1.29 is 24.2 Å². The van der Waals surface area contributed by atoms with Crippen molar-refractivity contribution in [1.29, 1.82) is 0 Å². The van der Waals surface area contributed by atoms with Crippen molar-refractivity contribution in [3.8, 4) is 11.1 Å². The van der Waals surface area contributed by atoms with Gasteiger partial charge in [-0.3, -0.25) is 4.79 Å². The first-order chi connectivity index (χ1) is 15.8. The molecule has 0 aliphatic heterocycles. The van der Waals surface area contributed by atoms with Crippen molar-refractivity contribution in [1.82, 2.24) is 10.2 Å². The molecular formula is C26H30N2O5. The minimum Gasteiger partial charge on any atom is -0.479 e. The van der Waals surface area contributed by atoms with Crippen LogP contribution in [0.1, 0.15) is 50.2 Å². The number of rotatable bonds is 7. The maximum Gasteiger partial charge on any atom is 0.407 e. The molecule has 2 aromatic rings. The number of ether oxygens (including phenoxy) is 1. The van der Waals surface area contributed by atoms with Crippen LogP contribution in [0.15, 0.2) is 48.5 Å². The highest BCUT2D eigenvalue weighted by Crippen LogP contribution is 2.44. The van der Waals surface area contributed by atoms with Crippen molar-refractivity contribution in [2.24, 2.45) is 5.92 Å². The fraction of sp³-hybridized carbons (Fsp3) is 0.423. The van der Waals surface area contributed by atoms with E-state index >= 15 is 0 Å². The molecule has 7 nitrogen and oxygen atoms in total. The monoisotopic (exact) mass is 450 g/mol. The van der Waals surface area contributed by atoms with Crippen LogP contribution < -0.4 is 5.32 Å². The van der Waals surface area contributed by atoms with Gasteiger partial charge in [-0.2, -0.15) is 0 Å². The topological polar surface area (TPSA) is 95.9 Å². The van der Waals surface area contributed by atoms with Gasteiger partial charge in [0.25, 0.3) is 0 Å². The van der Waals surface area contributed by atoms with Gasteiger partial charge < -0.3 is 20.1 Å². The number of carbonyl (C=O) groups excluding carboxylic acids is 2. The van der Waals surface area contributed by atoms with Crippen LogP contribution in [0.5, 0.6) is 0 Å². The first kappa shape index (κ1) is 22.8. The van der Waals surface area contributed by atoms with E-state index in [1.807, 2.05) is 24.3 Å². The predicted octanol–water partition coefficient (Wildman–Crippen LogP) is 4.02. The van der Waals surface area contributed by atoms with Gasteiger partial charge in [-0.05, 0) is 48.4 Å². The molecule has 2 amide bonds. The standard InChI is InChI=1S/C26H30N2O5/c1-16(23(29)28(3)26(24(30)31)13-8-14-26)17(2)27-25(32)33-15-22-20-11-6-4-9-18(20)19-10-5-7-12-21(19)22/h4-7,9-12,16-17,22H,8,13-15H2,1-3H3,(H,27,32)(H,30,31). The Morgan fingerprint density at radius 1 is 1.06 bits per heavy atom. The molecule has 2 atom stereocenters. The Bertz CT molecular complexity index is 1030. The highest BCUT2D eigenvalue weighted by Gasteiger charge is 2.50. The second kappa shape index (κ2) is 8.89. The molecule has 0 radical (unpaired) electrons. The summed E-state index contributed by atoms with van der Waals surface area (Å²) < 4.78 is 5.57. The summed E-state index contributed by atoms with van der Waals surface area (Å²) in [5.74, 6) is -1.91. The highest BCUT2D eigenvalue weighted by molar-refractivity contribution is 5.89. The van der Waals surface area contributed by atoms with Crippen molar-refractivity contribution in [2.75, 3.05) is 13.7 Å². The molecule has 33 heavy (non-hydrogen) atoms. The number of carboxylic acids is 1. The summed E-state index contributed by atoms with van der Waals surface area (Å²) in [5, 5.41) is 12.3. The Balaban J connectivity index is 1.36. The SMILES string of the molecule is CC(NC(=O)OCC1c2ccccc2-c2ccccc21)C(C)C(=O)N(C)C1(C(=O)O)CCC1. The van der Waals surface area contributed by atoms with Crippen molar-refractivity contribution in [3.63, 3.8) is 0 Å². The third kappa shape index (κ3) is 3.96. The number of nitrogens with one attached hydrogen (secondary N) is 1. The lowest BCUT2D eigenvalue weighted by Gasteiger charge is -2.46. The van der Waals surface area contributed by atoms with Crippen LogP contribution in [0.4, 0.5) is 4.79 Å². The van der Waals surface area contributed by atoms with Gasteiger partial charge in [-0.25, -0.2) is 9.59 Å². The summed E-state index contributed by atoms with van der Waals surface area (Å²) in [7, 11) is 1.53. The fourth-order valence-electron chi connectivity index (χ4n) is 4.89. The smallest absolute Gasteiger partial charge is 0.407 e. The van der Waals surface area contributed by atoms with Gasteiger partial charge in [-0.1, -0.05) is 55.5 Å². The molecule has 4 rings (SSSR count). The Labute approximate surface area is 193 Å². The molecule has 0 spiro atoms. The number of carbonyl (C=O) groups is 3. The average molecular weight is 451 g/mol. The largest absolute Gasteiger partial charge is 0.479 e. The van der Waals surface area contributed by atoms with E-state index in [2.05, 4.69) is 29.6 Å². The van der Waals surface area contributed by atoms with Crippen LogP contribution in [0.25, 0.3) is 11.1 Å². The van der Waals surface area contributed by atoms with E-state index in [1.54, 1.807) is 13.8 Å². The summed E-state index contributed by atoms with van der Waals surface area (Å²) in [6.45, 7) is 3.62. The molecule has 1 fully saturated rings. The third-order valence-electron chi connectivity index (χ3n) is 7.38. The number of likely N-dealkylation sites (N-methyl/N-ethyl adjacent to an activating group) is 1. The quantitative estimate of drug-likeness (QED) is 0.664. The fourth-order valence-corrected chi connectivity index (χ4v) is 4.89. The minimum atomic E-state index is -1.13. The minimum absolute atomic E-state index is 0.0438. The van der Waals surface area contributed by atoms with Crippen LogP contribution in [-0.4, -0.2) is 53.2 Å². The molecule has 1 saturated carbocycles. The number of hydrogen-bond acceptors (Lipinski definition) is 4. The number of fused-ring (bicyclic) bond motifs is 3. The number of carboxylic acid groups (broad SMARTS) is 1. The summed E-state index contributed by atoms with van der Waals surface area (Å²) >= 11 is 0. The Hall–Kier alpha value is -3.35. The summed E-state index contributed by atoms with van der Waals surface area (Å²) in [6, 6.07) is 15.7. The Morgan fingerprint density at radius 3 is 2.09 bits per heavy atom. The number of alkyl carbamates (subject to hydrolysis) is 1. The van der Waals surface area contributed by atoms with Gasteiger partial charge in [0.1, 0.15) is 12.1 Å². The molecule has 0 bridgehead atoms. The van der Waals surface area contributed by atoms with Crippen LogP contribution in [-0.2, 0) is 14.3 Å². The Morgan fingerprint density at radius 2 is 1.61 bits per heavy atom. The second-order valence-corrected chi connectivity index (χ2v) is 9.13. The number of nitrogens with zero attached hydrogens (tertiary/aromatic N) is 1. The molecule has 7 heteroatoms. The average Bonchev–Trinajstić information content (AvgIpc) is 3.09. The van der Waals surface area contributed by atoms with Crippen LogP contribution in [0.3, 0.4) is 0 Å². The zero-order valence-electron chi connectivity index (χ0n) is 19.2. The van der Waals surface area contributed by atoms with Crippen molar-refractivity contribution >= 4 is 18.0 Å². The summed E-state index contributed by atoms with van der Waals surface area (Å²) in [6.07, 6.45) is 1.09. The summed E-state index contributed by atoms with van der Waals surface area (Å²) in [4.78, 5) is 38.5. The third-order valence-corrected chi connectivity index (χ3v) is 7.38.